The van der Waals surface area contributed by atoms with E-state index in [1.54, 1.807) is 32.4 Å². The van der Waals surface area contributed by atoms with E-state index >= 15 is 0 Å². The summed E-state index contributed by atoms with van der Waals surface area (Å²) < 4.78 is 24.1. The van der Waals surface area contributed by atoms with Gasteiger partial charge in [-0.3, -0.25) is 4.90 Å². The predicted octanol–water partition coefficient (Wildman–Crippen LogP) is 4.54. The molecule has 0 saturated carbocycles. The predicted molar refractivity (Wildman–Crippen MR) is 136 cm³/mol. The third-order valence-corrected chi connectivity index (χ3v) is 6.61. The first-order chi connectivity index (χ1) is 17.1. The van der Waals surface area contributed by atoms with Crippen molar-refractivity contribution >= 4 is 16.6 Å². The van der Waals surface area contributed by atoms with Crippen molar-refractivity contribution in [3.05, 3.63) is 66.1 Å². The number of piperazine rings is 1. The Balaban J connectivity index is 1.14. The van der Waals surface area contributed by atoms with Crippen LogP contribution in [0.4, 0.5) is 10.1 Å². The number of nitrogens with zero attached hydrogens (tertiary/aromatic N) is 4. The molecule has 0 amide bonds. The summed E-state index contributed by atoms with van der Waals surface area (Å²) in [5, 5.41) is 0.996. The first kappa shape index (κ1) is 23.1. The van der Waals surface area contributed by atoms with E-state index in [1.807, 2.05) is 18.3 Å². The molecule has 0 radical (unpaired) electrons. The summed E-state index contributed by atoms with van der Waals surface area (Å²) in [6.07, 6.45) is 4.02. The van der Waals surface area contributed by atoms with Crippen LogP contribution in [0.2, 0.25) is 0 Å². The van der Waals surface area contributed by atoms with Crippen LogP contribution >= 0.6 is 0 Å². The number of ether oxygens (including phenoxy) is 2. The van der Waals surface area contributed by atoms with Gasteiger partial charge in [0.15, 0.2) is 5.82 Å². The number of halogens is 1. The van der Waals surface area contributed by atoms with Crippen molar-refractivity contribution in [3.8, 4) is 23.1 Å². The van der Waals surface area contributed by atoms with Crippen molar-refractivity contribution in [3.63, 3.8) is 0 Å². The Bertz CT molecular complexity index is 1260. The minimum atomic E-state index is -0.182. The number of aromatic nitrogens is 3. The van der Waals surface area contributed by atoms with Crippen molar-refractivity contribution < 1.29 is 13.9 Å². The highest BCUT2D eigenvalue weighted by Gasteiger charge is 2.18. The van der Waals surface area contributed by atoms with Crippen LogP contribution < -0.4 is 14.4 Å². The number of rotatable bonds is 8. The molecular formula is C27H30FN5O2. The summed E-state index contributed by atoms with van der Waals surface area (Å²) in [5.74, 6) is 1.35. The van der Waals surface area contributed by atoms with Crippen LogP contribution in [0.25, 0.3) is 22.3 Å². The van der Waals surface area contributed by atoms with Crippen molar-refractivity contribution in [1.82, 2.24) is 19.9 Å². The van der Waals surface area contributed by atoms with Gasteiger partial charge >= 0.3 is 0 Å². The van der Waals surface area contributed by atoms with E-state index in [4.69, 9.17) is 9.47 Å². The molecule has 35 heavy (non-hydrogen) atoms. The highest BCUT2D eigenvalue weighted by atomic mass is 19.1. The molecule has 0 unspecified atom stereocenters. The van der Waals surface area contributed by atoms with Gasteiger partial charge in [0.05, 0.1) is 20.3 Å². The highest BCUT2D eigenvalue weighted by molar-refractivity contribution is 5.83. The summed E-state index contributed by atoms with van der Waals surface area (Å²) >= 11 is 0. The SMILES string of the molecule is COc1cc(OC)nc(-c2ccc(N3CCN(CCCc4c[nH]c5ccc(F)cc45)CC3)cc2)n1. The third kappa shape index (κ3) is 5.22. The Labute approximate surface area is 204 Å². The van der Waals surface area contributed by atoms with Gasteiger partial charge < -0.3 is 19.4 Å². The monoisotopic (exact) mass is 475 g/mol. The number of hydrogen-bond acceptors (Lipinski definition) is 6. The average Bonchev–Trinajstić information content (AvgIpc) is 3.30. The summed E-state index contributed by atoms with van der Waals surface area (Å²) in [7, 11) is 3.16. The summed E-state index contributed by atoms with van der Waals surface area (Å²) in [5.41, 5.74) is 4.31. The van der Waals surface area contributed by atoms with E-state index < -0.39 is 0 Å². The van der Waals surface area contributed by atoms with Gasteiger partial charge in [0, 0.05) is 54.5 Å². The lowest BCUT2D eigenvalue weighted by molar-refractivity contribution is 0.255. The molecule has 0 bridgehead atoms. The Morgan fingerprint density at radius 2 is 1.63 bits per heavy atom. The van der Waals surface area contributed by atoms with Gasteiger partial charge in [0.1, 0.15) is 5.82 Å². The van der Waals surface area contributed by atoms with E-state index in [1.165, 1.54) is 17.3 Å². The molecule has 7 nitrogen and oxygen atoms in total. The molecule has 1 saturated heterocycles. The molecule has 0 spiro atoms. The molecule has 3 heterocycles. The van der Waals surface area contributed by atoms with Gasteiger partial charge in [0.25, 0.3) is 0 Å². The molecule has 1 aliphatic heterocycles. The van der Waals surface area contributed by atoms with Crippen molar-refractivity contribution in [1.29, 1.82) is 0 Å². The Kier molecular flexibility index (Phi) is 6.81. The van der Waals surface area contributed by atoms with E-state index in [0.717, 1.165) is 62.0 Å². The topological polar surface area (TPSA) is 66.5 Å². The molecule has 1 aliphatic rings. The second-order valence-electron chi connectivity index (χ2n) is 8.76. The summed E-state index contributed by atoms with van der Waals surface area (Å²) in [4.78, 5) is 17.0. The third-order valence-electron chi connectivity index (χ3n) is 6.61. The zero-order valence-electron chi connectivity index (χ0n) is 20.1. The van der Waals surface area contributed by atoms with E-state index in [-0.39, 0.29) is 5.82 Å². The smallest absolute Gasteiger partial charge is 0.220 e. The molecule has 8 heteroatoms. The maximum atomic E-state index is 13.6. The Morgan fingerprint density at radius 3 is 2.31 bits per heavy atom. The second-order valence-corrected chi connectivity index (χ2v) is 8.76. The summed E-state index contributed by atoms with van der Waals surface area (Å²) in [6, 6.07) is 14.9. The van der Waals surface area contributed by atoms with Crippen molar-refractivity contribution in [2.24, 2.45) is 0 Å². The van der Waals surface area contributed by atoms with Crippen LogP contribution in [0.5, 0.6) is 11.8 Å². The van der Waals surface area contributed by atoms with Gasteiger partial charge in [0.2, 0.25) is 11.8 Å². The molecule has 2 aromatic heterocycles. The number of fused-ring (bicyclic) bond motifs is 1. The lowest BCUT2D eigenvalue weighted by atomic mass is 10.1. The zero-order valence-corrected chi connectivity index (χ0v) is 20.1. The number of nitrogens with one attached hydrogen (secondary N) is 1. The molecule has 4 aromatic rings. The van der Waals surface area contributed by atoms with Crippen LogP contribution in [-0.2, 0) is 6.42 Å². The first-order valence-electron chi connectivity index (χ1n) is 11.9. The van der Waals surface area contributed by atoms with E-state index in [0.29, 0.717) is 17.6 Å². The highest BCUT2D eigenvalue weighted by Crippen LogP contribution is 2.26. The molecule has 0 atom stereocenters. The van der Waals surface area contributed by atoms with Crippen LogP contribution in [-0.4, -0.2) is 66.8 Å². The van der Waals surface area contributed by atoms with Crippen molar-refractivity contribution in [2.45, 2.75) is 12.8 Å². The normalized spacial score (nSPS) is 14.4. The van der Waals surface area contributed by atoms with Gasteiger partial charge in [-0.2, -0.15) is 9.97 Å². The maximum absolute atomic E-state index is 13.6. The van der Waals surface area contributed by atoms with Crippen LogP contribution in [0.1, 0.15) is 12.0 Å². The standard InChI is InChI=1S/C27H30FN5O2/c1-34-25-17-26(35-2)31-27(30-25)19-5-8-22(9-6-19)33-14-12-32(13-15-33)11-3-4-20-18-29-24-10-7-21(28)16-23(20)24/h5-10,16-18,29H,3-4,11-15H2,1-2H3. The van der Waals surface area contributed by atoms with Crippen LogP contribution in [0, 0.1) is 5.82 Å². The molecule has 0 aliphatic carbocycles. The Hall–Kier alpha value is -3.65. The fourth-order valence-corrected chi connectivity index (χ4v) is 4.64. The number of methoxy groups -OCH3 is 2. The second kappa shape index (κ2) is 10.3. The molecule has 2 aromatic carbocycles. The van der Waals surface area contributed by atoms with E-state index in [2.05, 4.69) is 36.9 Å². The largest absolute Gasteiger partial charge is 0.481 e. The minimum absolute atomic E-state index is 0.182. The number of aromatic amines is 1. The van der Waals surface area contributed by atoms with Gasteiger partial charge in [-0.1, -0.05) is 0 Å². The average molecular weight is 476 g/mol. The lowest BCUT2D eigenvalue weighted by Gasteiger charge is -2.36. The number of benzene rings is 2. The first-order valence-corrected chi connectivity index (χ1v) is 11.9. The number of hydrogen-bond donors (Lipinski definition) is 1. The maximum Gasteiger partial charge on any atom is 0.220 e. The van der Waals surface area contributed by atoms with Crippen molar-refractivity contribution in [2.75, 3.05) is 51.8 Å². The number of H-pyrrole nitrogens is 1. The quantitative estimate of drug-likeness (QED) is 0.404. The molecular weight excluding hydrogens is 445 g/mol. The molecule has 5 rings (SSSR count). The van der Waals surface area contributed by atoms with Gasteiger partial charge in [-0.05, 0) is 67.4 Å². The minimum Gasteiger partial charge on any atom is -0.481 e. The number of anilines is 1. The van der Waals surface area contributed by atoms with Gasteiger partial charge in [-0.25, -0.2) is 4.39 Å². The van der Waals surface area contributed by atoms with Crippen LogP contribution in [0.15, 0.2) is 54.7 Å². The fourth-order valence-electron chi connectivity index (χ4n) is 4.64. The fraction of sp³-hybridized carbons (Fsp3) is 0.333. The number of aryl methyl sites for hydroxylation is 1. The molecule has 1 N–H and O–H groups in total. The Morgan fingerprint density at radius 1 is 0.914 bits per heavy atom. The lowest BCUT2D eigenvalue weighted by Crippen LogP contribution is -2.46. The van der Waals surface area contributed by atoms with Crippen LogP contribution in [0.3, 0.4) is 0 Å². The van der Waals surface area contributed by atoms with E-state index in [9.17, 15) is 4.39 Å². The molecule has 182 valence electrons. The van der Waals surface area contributed by atoms with Gasteiger partial charge in [-0.15, -0.1) is 0 Å². The summed E-state index contributed by atoms with van der Waals surface area (Å²) in [6.45, 7) is 5.08. The zero-order chi connectivity index (χ0) is 24.2. The molecule has 1 fully saturated rings.